The minimum absolute atomic E-state index is 0.267. The second-order valence-corrected chi connectivity index (χ2v) is 5.67. The summed E-state index contributed by atoms with van der Waals surface area (Å²) in [4.78, 5) is 11.5. The Balaban J connectivity index is 1.64. The van der Waals surface area contributed by atoms with E-state index in [1.165, 1.54) is 11.3 Å². The average Bonchev–Trinajstić information content (AvgIpc) is 2.91. The van der Waals surface area contributed by atoms with E-state index in [0.29, 0.717) is 17.3 Å². The number of carbonyl (C=O) groups excluding carboxylic acids is 1. The zero-order chi connectivity index (χ0) is 14.9. The van der Waals surface area contributed by atoms with Crippen LogP contribution in [-0.2, 0) is 11.3 Å². The number of rotatable bonds is 4. The number of thiophene rings is 1. The summed E-state index contributed by atoms with van der Waals surface area (Å²) in [5.74, 6) is 5.92. The molecule has 0 atom stereocenters. The van der Waals surface area contributed by atoms with Crippen LogP contribution in [0.4, 0.5) is 4.79 Å². The summed E-state index contributed by atoms with van der Waals surface area (Å²) >= 11 is 7.38. The van der Waals surface area contributed by atoms with E-state index in [9.17, 15) is 4.79 Å². The Labute approximate surface area is 132 Å². The molecule has 0 spiro atoms. The number of amides is 1. The minimum atomic E-state index is -0.436. The van der Waals surface area contributed by atoms with Crippen LogP contribution >= 0.6 is 22.9 Å². The molecule has 0 fully saturated rings. The predicted octanol–water partition coefficient (Wildman–Crippen LogP) is 4.07. The Bertz CT molecular complexity index is 643. The van der Waals surface area contributed by atoms with E-state index < -0.39 is 6.09 Å². The number of halogens is 1. The monoisotopic (exact) mass is 319 g/mol. The summed E-state index contributed by atoms with van der Waals surface area (Å²) in [5, 5.41) is 4.55. The number of nitrogens with one attached hydrogen (secondary N) is 1. The Hall–Kier alpha value is -1.96. The van der Waals surface area contributed by atoms with Crippen molar-refractivity contribution in [2.24, 2.45) is 0 Å². The highest BCUT2D eigenvalue weighted by atomic mass is 35.5. The molecule has 0 saturated heterocycles. The van der Waals surface area contributed by atoms with Crippen LogP contribution in [0, 0.1) is 11.8 Å². The van der Waals surface area contributed by atoms with Gasteiger partial charge < -0.3 is 10.1 Å². The van der Waals surface area contributed by atoms with Crippen LogP contribution in [0.1, 0.15) is 17.5 Å². The van der Waals surface area contributed by atoms with Crippen molar-refractivity contribution in [3.05, 3.63) is 57.2 Å². The second-order valence-electron chi connectivity index (χ2n) is 4.15. The topological polar surface area (TPSA) is 38.3 Å². The Morgan fingerprint density at radius 1 is 1.29 bits per heavy atom. The zero-order valence-corrected chi connectivity index (χ0v) is 12.8. The smallest absolute Gasteiger partial charge is 0.407 e. The highest BCUT2D eigenvalue weighted by Gasteiger charge is 2.00. The highest BCUT2D eigenvalue weighted by molar-refractivity contribution is 7.14. The van der Waals surface area contributed by atoms with Gasteiger partial charge in [-0.1, -0.05) is 53.8 Å². The molecule has 1 heterocycles. The van der Waals surface area contributed by atoms with Crippen molar-refractivity contribution in [1.82, 2.24) is 5.32 Å². The lowest BCUT2D eigenvalue weighted by Crippen LogP contribution is -2.24. The molecule has 21 heavy (non-hydrogen) atoms. The van der Waals surface area contributed by atoms with E-state index in [4.69, 9.17) is 16.3 Å². The third-order valence-corrected chi connectivity index (χ3v) is 3.74. The fourth-order valence-electron chi connectivity index (χ4n) is 1.54. The van der Waals surface area contributed by atoms with Gasteiger partial charge in [-0.3, -0.25) is 0 Å². The molecule has 2 rings (SSSR count). The summed E-state index contributed by atoms with van der Waals surface area (Å²) in [6.45, 7) is 0.714. The average molecular weight is 320 g/mol. The van der Waals surface area contributed by atoms with Gasteiger partial charge in [-0.15, -0.1) is 11.3 Å². The van der Waals surface area contributed by atoms with Gasteiger partial charge in [0.15, 0.2) is 0 Å². The molecule has 5 heteroatoms. The van der Waals surface area contributed by atoms with E-state index >= 15 is 0 Å². The Kier molecular flexibility index (Phi) is 6.14. The van der Waals surface area contributed by atoms with Crippen LogP contribution in [-0.4, -0.2) is 12.6 Å². The summed E-state index contributed by atoms with van der Waals surface area (Å²) < 4.78 is 5.77. The molecule has 108 valence electrons. The van der Waals surface area contributed by atoms with Gasteiger partial charge in [0.1, 0.15) is 10.9 Å². The van der Waals surface area contributed by atoms with Crippen LogP contribution in [0.3, 0.4) is 0 Å². The van der Waals surface area contributed by atoms with Crippen molar-refractivity contribution in [2.45, 2.75) is 13.0 Å². The van der Waals surface area contributed by atoms with Crippen molar-refractivity contribution in [3.63, 3.8) is 0 Å². The molecule has 0 bridgehead atoms. The molecule has 0 aliphatic heterocycles. The SMILES string of the molecule is O=C(NCCC#Cc1ccsc1Cl)OCc1ccccc1. The quantitative estimate of drug-likeness (QED) is 0.681. The summed E-state index contributed by atoms with van der Waals surface area (Å²) in [6, 6.07) is 11.4. The lowest BCUT2D eigenvalue weighted by atomic mass is 10.2. The molecule has 1 N–H and O–H groups in total. The molecular weight excluding hydrogens is 306 g/mol. The number of hydrogen-bond donors (Lipinski definition) is 1. The fraction of sp³-hybridized carbons (Fsp3) is 0.188. The van der Waals surface area contributed by atoms with Crippen LogP contribution in [0.25, 0.3) is 0 Å². The molecule has 1 aromatic carbocycles. The van der Waals surface area contributed by atoms with Crippen LogP contribution in [0.2, 0.25) is 4.34 Å². The van der Waals surface area contributed by atoms with Crippen molar-refractivity contribution in [3.8, 4) is 11.8 Å². The van der Waals surface area contributed by atoms with Gasteiger partial charge >= 0.3 is 6.09 Å². The minimum Gasteiger partial charge on any atom is -0.445 e. The molecule has 0 aliphatic rings. The molecule has 1 amide bonds. The first kappa shape index (κ1) is 15.4. The van der Waals surface area contributed by atoms with Crippen molar-refractivity contribution >= 4 is 29.0 Å². The molecule has 0 saturated carbocycles. The first-order valence-corrected chi connectivity index (χ1v) is 7.68. The van der Waals surface area contributed by atoms with Crippen molar-refractivity contribution in [1.29, 1.82) is 0 Å². The predicted molar refractivity (Wildman–Crippen MR) is 85.5 cm³/mol. The number of hydrogen-bond acceptors (Lipinski definition) is 3. The van der Waals surface area contributed by atoms with Gasteiger partial charge in [0.05, 0.1) is 5.56 Å². The van der Waals surface area contributed by atoms with Gasteiger partial charge in [-0.2, -0.15) is 0 Å². The van der Waals surface area contributed by atoms with Crippen LogP contribution in [0.5, 0.6) is 0 Å². The lowest BCUT2D eigenvalue weighted by molar-refractivity contribution is 0.140. The van der Waals surface area contributed by atoms with Gasteiger partial charge in [-0.05, 0) is 17.0 Å². The van der Waals surface area contributed by atoms with Gasteiger partial charge in [0, 0.05) is 13.0 Å². The van der Waals surface area contributed by atoms with E-state index in [-0.39, 0.29) is 6.61 Å². The first-order valence-electron chi connectivity index (χ1n) is 6.42. The zero-order valence-electron chi connectivity index (χ0n) is 11.3. The van der Waals surface area contributed by atoms with Crippen LogP contribution < -0.4 is 5.32 Å². The lowest BCUT2D eigenvalue weighted by Gasteiger charge is -2.05. The van der Waals surface area contributed by atoms with Crippen molar-refractivity contribution in [2.75, 3.05) is 6.54 Å². The number of carbonyl (C=O) groups is 1. The Morgan fingerprint density at radius 3 is 2.81 bits per heavy atom. The summed E-state index contributed by atoms with van der Waals surface area (Å²) in [5.41, 5.74) is 1.79. The van der Waals surface area contributed by atoms with Gasteiger partial charge in [-0.25, -0.2) is 4.79 Å². The second kappa shape index (κ2) is 8.35. The maximum atomic E-state index is 11.5. The third kappa shape index (κ3) is 5.50. The molecular formula is C16H14ClNO2S. The normalized spacial score (nSPS) is 9.57. The molecule has 2 aromatic rings. The van der Waals surface area contributed by atoms with E-state index in [2.05, 4.69) is 17.2 Å². The Morgan fingerprint density at radius 2 is 2.10 bits per heavy atom. The molecule has 0 unspecified atom stereocenters. The number of alkyl carbamates (subject to hydrolysis) is 1. The van der Waals surface area contributed by atoms with Gasteiger partial charge in [0.2, 0.25) is 0 Å². The van der Waals surface area contributed by atoms with Gasteiger partial charge in [0.25, 0.3) is 0 Å². The third-order valence-electron chi connectivity index (χ3n) is 2.57. The largest absolute Gasteiger partial charge is 0.445 e. The molecule has 0 aliphatic carbocycles. The molecule has 0 radical (unpaired) electrons. The molecule has 1 aromatic heterocycles. The fourth-order valence-corrected chi connectivity index (χ4v) is 2.37. The summed E-state index contributed by atoms with van der Waals surface area (Å²) in [6.07, 6.45) is 0.112. The van der Waals surface area contributed by atoms with E-state index in [1.54, 1.807) is 0 Å². The highest BCUT2D eigenvalue weighted by Crippen LogP contribution is 2.21. The molecule has 3 nitrogen and oxygen atoms in total. The van der Waals surface area contributed by atoms with Crippen LogP contribution in [0.15, 0.2) is 41.8 Å². The number of ether oxygens (including phenoxy) is 1. The maximum Gasteiger partial charge on any atom is 0.407 e. The van der Waals surface area contributed by atoms with E-state index in [1.807, 2.05) is 41.8 Å². The van der Waals surface area contributed by atoms with Crippen molar-refractivity contribution < 1.29 is 9.53 Å². The number of benzene rings is 1. The standard InChI is InChI=1S/C16H14ClNO2S/c17-15-14(9-11-21-15)8-4-5-10-18-16(19)20-12-13-6-2-1-3-7-13/h1-3,6-7,9,11H,5,10,12H2,(H,18,19). The maximum absolute atomic E-state index is 11.5. The first-order chi connectivity index (χ1) is 10.3. The van der Waals surface area contributed by atoms with E-state index in [0.717, 1.165) is 11.1 Å². The summed E-state index contributed by atoms with van der Waals surface area (Å²) in [7, 11) is 0.